The van der Waals surface area contributed by atoms with Gasteiger partial charge in [-0.25, -0.2) is 8.42 Å². The fourth-order valence-corrected chi connectivity index (χ4v) is 4.87. The van der Waals surface area contributed by atoms with Gasteiger partial charge in [0, 0.05) is 37.6 Å². The Labute approximate surface area is 184 Å². The molecular weight excluding hydrogens is 499 g/mol. The second-order valence-electron chi connectivity index (χ2n) is 6.36. The van der Waals surface area contributed by atoms with Crippen molar-refractivity contribution in [2.75, 3.05) is 51.7 Å². The number of halogens is 1. The van der Waals surface area contributed by atoms with Crippen molar-refractivity contribution in [1.29, 1.82) is 0 Å². The van der Waals surface area contributed by atoms with Gasteiger partial charge >= 0.3 is 0 Å². The van der Waals surface area contributed by atoms with Gasteiger partial charge in [-0.1, -0.05) is 13.0 Å². The van der Waals surface area contributed by atoms with E-state index in [9.17, 15) is 8.42 Å². The standard InChI is InChI=1S/C17H30N4O3S2.HI/c1-3-18-17(20-14-15(2)13-16-5-4-11-25-16)19-6-12-26(22,23)21-7-9-24-10-8-21;/h4-5,11,15H,3,6-10,12-14H2,1-2H3,(H2,18,19,20);1H. The fourth-order valence-electron chi connectivity index (χ4n) is 2.68. The van der Waals surface area contributed by atoms with Gasteiger partial charge in [-0.05, 0) is 30.7 Å². The molecule has 1 aliphatic rings. The number of guanidine groups is 1. The molecule has 2 N–H and O–H groups in total. The zero-order chi connectivity index (χ0) is 18.8. The van der Waals surface area contributed by atoms with Gasteiger partial charge in [0.15, 0.2) is 5.96 Å². The summed E-state index contributed by atoms with van der Waals surface area (Å²) in [5, 5.41) is 8.40. The molecule has 7 nitrogen and oxygen atoms in total. The average Bonchev–Trinajstić information content (AvgIpc) is 3.13. The lowest BCUT2D eigenvalue weighted by Gasteiger charge is -2.26. The molecule has 1 aliphatic heterocycles. The van der Waals surface area contributed by atoms with Crippen molar-refractivity contribution in [3.63, 3.8) is 0 Å². The van der Waals surface area contributed by atoms with E-state index in [0.717, 1.165) is 13.0 Å². The van der Waals surface area contributed by atoms with Crippen LogP contribution in [-0.4, -0.2) is 70.4 Å². The van der Waals surface area contributed by atoms with Crippen molar-refractivity contribution in [3.8, 4) is 0 Å². The number of morpholine rings is 1. The molecule has 1 unspecified atom stereocenters. The number of hydrogen-bond donors (Lipinski definition) is 2. The van der Waals surface area contributed by atoms with E-state index in [2.05, 4.69) is 40.1 Å². The molecule has 10 heteroatoms. The smallest absolute Gasteiger partial charge is 0.215 e. The van der Waals surface area contributed by atoms with Crippen molar-refractivity contribution in [1.82, 2.24) is 14.9 Å². The number of rotatable bonds is 9. The van der Waals surface area contributed by atoms with Crippen LogP contribution in [0.15, 0.2) is 22.5 Å². The Morgan fingerprint density at radius 3 is 2.74 bits per heavy atom. The molecule has 0 bridgehead atoms. The van der Waals surface area contributed by atoms with E-state index in [1.165, 1.54) is 9.18 Å². The van der Waals surface area contributed by atoms with Gasteiger partial charge in [0.25, 0.3) is 0 Å². The first-order chi connectivity index (χ1) is 12.5. The van der Waals surface area contributed by atoms with E-state index in [4.69, 9.17) is 4.74 Å². The number of nitrogens with zero attached hydrogens (tertiary/aromatic N) is 2. The van der Waals surface area contributed by atoms with E-state index in [1.807, 2.05) is 6.92 Å². The van der Waals surface area contributed by atoms with Crippen LogP contribution < -0.4 is 10.6 Å². The molecule has 156 valence electrons. The Morgan fingerprint density at radius 2 is 2.11 bits per heavy atom. The Morgan fingerprint density at radius 1 is 1.37 bits per heavy atom. The summed E-state index contributed by atoms with van der Waals surface area (Å²) in [7, 11) is -3.25. The van der Waals surface area contributed by atoms with E-state index in [0.29, 0.717) is 51.3 Å². The average molecular weight is 530 g/mol. The predicted octanol–water partition coefficient (Wildman–Crippen LogP) is 1.76. The number of hydrogen-bond acceptors (Lipinski definition) is 5. The molecule has 1 aromatic heterocycles. The number of sulfonamides is 1. The minimum atomic E-state index is -3.25. The maximum absolute atomic E-state index is 12.3. The summed E-state index contributed by atoms with van der Waals surface area (Å²) in [5.74, 6) is 1.16. The summed E-state index contributed by atoms with van der Waals surface area (Å²) in [5.41, 5.74) is 0. The van der Waals surface area contributed by atoms with Crippen LogP contribution in [0.1, 0.15) is 18.7 Å². The molecule has 0 aliphatic carbocycles. The van der Waals surface area contributed by atoms with E-state index >= 15 is 0 Å². The fraction of sp³-hybridized carbons (Fsp3) is 0.706. The molecule has 0 spiro atoms. The van der Waals surface area contributed by atoms with Crippen LogP contribution in [0.2, 0.25) is 0 Å². The number of aliphatic imine (C=N–C) groups is 1. The summed E-state index contributed by atoms with van der Waals surface area (Å²) in [6.07, 6.45) is 1.01. The van der Waals surface area contributed by atoms with Crippen molar-refractivity contribution >= 4 is 51.3 Å². The zero-order valence-electron chi connectivity index (χ0n) is 16.0. The maximum atomic E-state index is 12.3. The molecule has 0 radical (unpaired) electrons. The highest BCUT2D eigenvalue weighted by atomic mass is 127. The first kappa shape index (κ1) is 24.6. The molecule has 2 rings (SSSR count). The third-order valence-electron chi connectivity index (χ3n) is 4.05. The van der Waals surface area contributed by atoms with Gasteiger partial charge in [0.1, 0.15) is 0 Å². The number of nitrogens with one attached hydrogen (secondary N) is 2. The van der Waals surface area contributed by atoms with Crippen LogP contribution in [0.25, 0.3) is 0 Å². The highest BCUT2D eigenvalue weighted by Crippen LogP contribution is 2.14. The van der Waals surface area contributed by atoms with E-state index in [-0.39, 0.29) is 29.7 Å². The Kier molecular flexibility index (Phi) is 11.8. The van der Waals surface area contributed by atoms with Crippen LogP contribution in [0, 0.1) is 5.92 Å². The highest BCUT2D eigenvalue weighted by Gasteiger charge is 2.23. The van der Waals surface area contributed by atoms with Gasteiger partial charge in [0.2, 0.25) is 10.0 Å². The Balaban J connectivity index is 0.00000364. The molecule has 1 fully saturated rings. The van der Waals surface area contributed by atoms with Crippen LogP contribution in [-0.2, 0) is 21.2 Å². The largest absolute Gasteiger partial charge is 0.379 e. The first-order valence-corrected chi connectivity index (χ1v) is 11.6. The summed E-state index contributed by atoms with van der Waals surface area (Å²) >= 11 is 1.77. The van der Waals surface area contributed by atoms with E-state index < -0.39 is 10.0 Å². The van der Waals surface area contributed by atoms with Gasteiger partial charge in [-0.2, -0.15) is 4.31 Å². The summed E-state index contributed by atoms with van der Waals surface area (Å²) in [6.45, 7) is 7.77. The Hall–Kier alpha value is -0.430. The number of ether oxygens (including phenoxy) is 1. The number of thiophene rings is 1. The third-order valence-corrected chi connectivity index (χ3v) is 6.82. The molecule has 1 aromatic rings. The second kappa shape index (κ2) is 12.9. The topological polar surface area (TPSA) is 83.0 Å². The van der Waals surface area contributed by atoms with Crippen molar-refractivity contribution < 1.29 is 13.2 Å². The minimum absolute atomic E-state index is 0. The van der Waals surface area contributed by atoms with Gasteiger partial charge in [0.05, 0.1) is 19.0 Å². The minimum Gasteiger partial charge on any atom is -0.379 e. The van der Waals surface area contributed by atoms with Crippen LogP contribution in [0.4, 0.5) is 0 Å². The monoisotopic (exact) mass is 530 g/mol. The molecule has 2 heterocycles. The highest BCUT2D eigenvalue weighted by molar-refractivity contribution is 14.0. The molecule has 27 heavy (non-hydrogen) atoms. The summed E-state index contributed by atoms with van der Waals surface area (Å²) in [6, 6.07) is 4.21. The summed E-state index contributed by atoms with van der Waals surface area (Å²) < 4.78 is 31.4. The molecule has 0 amide bonds. The van der Waals surface area contributed by atoms with Crippen molar-refractivity contribution in [2.24, 2.45) is 10.9 Å². The lowest BCUT2D eigenvalue weighted by atomic mass is 10.1. The molecule has 1 saturated heterocycles. The van der Waals surface area contributed by atoms with Crippen molar-refractivity contribution in [2.45, 2.75) is 20.3 Å². The van der Waals surface area contributed by atoms with Gasteiger partial charge in [-0.3, -0.25) is 4.99 Å². The van der Waals surface area contributed by atoms with Gasteiger partial charge in [-0.15, -0.1) is 35.3 Å². The van der Waals surface area contributed by atoms with Crippen LogP contribution in [0.3, 0.4) is 0 Å². The predicted molar refractivity (Wildman–Crippen MR) is 123 cm³/mol. The summed E-state index contributed by atoms with van der Waals surface area (Å²) in [4.78, 5) is 5.96. The normalized spacial score (nSPS) is 17.2. The van der Waals surface area contributed by atoms with E-state index in [1.54, 1.807) is 11.3 Å². The van der Waals surface area contributed by atoms with Crippen molar-refractivity contribution in [3.05, 3.63) is 22.4 Å². The molecular formula is C17H31IN4O3S2. The lowest BCUT2D eigenvalue weighted by Crippen LogP contribution is -2.45. The van der Waals surface area contributed by atoms with Crippen LogP contribution >= 0.6 is 35.3 Å². The SMILES string of the molecule is CCNC(=NCC(C)Cc1cccs1)NCCS(=O)(=O)N1CCOCC1.I. The van der Waals surface area contributed by atoms with Gasteiger partial charge < -0.3 is 15.4 Å². The maximum Gasteiger partial charge on any atom is 0.215 e. The quantitative estimate of drug-likeness (QED) is 0.289. The molecule has 1 atom stereocenters. The zero-order valence-corrected chi connectivity index (χ0v) is 20.0. The first-order valence-electron chi connectivity index (χ1n) is 9.11. The third kappa shape index (κ3) is 9.07. The second-order valence-corrected chi connectivity index (χ2v) is 9.48. The molecule has 0 aromatic carbocycles. The molecule has 0 saturated carbocycles. The Bertz CT molecular complexity index is 647. The van der Waals surface area contributed by atoms with Crippen LogP contribution in [0.5, 0.6) is 0 Å². The lowest BCUT2D eigenvalue weighted by molar-refractivity contribution is 0.0730.